The molecule has 2 atom stereocenters. The van der Waals surface area contributed by atoms with E-state index < -0.39 is 11.7 Å². The smallest absolute Gasteiger partial charge is 0.335 e. The fourth-order valence-electron chi connectivity index (χ4n) is 4.15. The molecule has 6 heteroatoms. The maximum atomic E-state index is 13.0. The third-order valence-electron chi connectivity index (χ3n) is 5.59. The lowest BCUT2D eigenvalue weighted by molar-refractivity contribution is -0.141. The van der Waals surface area contributed by atoms with E-state index in [1.807, 2.05) is 4.90 Å². The van der Waals surface area contributed by atoms with Crippen LogP contribution in [0.2, 0.25) is 0 Å². The highest BCUT2D eigenvalue weighted by molar-refractivity contribution is 5.77. The molecule has 1 aromatic rings. The molecule has 0 aliphatic carbocycles. The Morgan fingerprint density at radius 3 is 2.74 bits per heavy atom. The maximum Gasteiger partial charge on any atom is 0.416 e. The molecule has 3 rings (SSSR count). The molecule has 148 valence electrons. The molecule has 2 fully saturated rings. The van der Waals surface area contributed by atoms with Gasteiger partial charge in [-0.25, -0.2) is 0 Å². The molecule has 1 amide bonds. The number of likely N-dealkylation sites (tertiary alicyclic amines) is 2. The number of amides is 1. The molecule has 2 saturated heterocycles. The average Bonchev–Trinajstić information content (AvgIpc) is 2.62. The van der Waals surface area contributed by atoms with Crippen LogP contribution in [0.3, 0.4) is 0 Å². The van der Waals surface area contributed by atoms with E-state index in [0.29, 0.717) is 17.9 Å². The van der Waals surface area contributed by atoms with Crippen molar-refractivity contribution in [1.29, 1.82) is 0 Å². The van der Waals surface area contributed by atoms with Crippen LogP contribution in [0.15, 0.2) is 35.9 Å². The Morgan fingerprint density at radius 2 is 2.04 bits per heavy atom. The first-order valence-electron chi connectivity index (χ1n) is 9.55. The Hall–Kier alpha value is -1.82. The van der Waals surface area contributed by atoms with E-state index in [-0.39, 0.29) is 18.5 Å². The first-order chi connectivity index (χ1) is 12.7. The fraction of sp³-hybridized carbons (Fsp3) is 0.571. The maximum absolute atomic E-state index is 13.0. The highest BCUT2D eigenvalue weighted by atomic mass is 19.4. The number of carbonyl (C=O) groups is 1. The molecule has 0 saturated carbocycles. The van der Waals surface area contributed by atoms with Crippen LogP contribution in [0.5, 0.6) is 0 Å². The molecule has 0 spiro atoms. The van der Waals surface area contributed by atoms with Crippen molar-refractivity contribution >= 4 is 5.91 Å². The van der Waals surface area contributed by atoms with Crippen molar-refractivity contribution in [2.24, 2.45) is 5.92 Å². The molecule has 27 heavy (non-hydrogen) atoms. The Balaban J connectivity index is 1.71. The number of nitrogens with zero attached hydrogens (tertiary/aromatic N) is 2. The molecule has 0 unspecified atom stereocenters. The summed E-state index contributed by atoms with van der Waals surface area (Å²) < 4.78 is 38.9. The summed E-state index contributed by atoms with van der Waals surface area (Å²) in [7, 11) is 0. The van der Waals surface area contributed by atoms with E-state index in [2.05, 4.69) is 24.8 Å². The van der Waals surface area contributed by atoms with Gasteiger partial charge in [-0.1, -0.05) is 23.8 Å². The lowest BCUT2D eigenvalue weighted by atomic mass is 9.83. The Kier molecular flexibility index (Phi) is 5.94. The van der Waals surface area contributed by atoms with Crippen molar-refractivity contribution in [3.63, 3.8) is 0 Å². The Labute approximate surface area is 158 Å². The van der Waals surface area contributed by atoms with Crippen molar-refractivity contribution in [1.82, 2.24) is 9.80 Å². The van der Waals surface area contributed by atoms with Gasteiger partial charge in [-0.2, -0.15) is 13.2 Å². The highest BCUT2D eigenvalue weighted by Gasteiger charge is 2.39. The van der Waals surface area contributed by atoms with Crippen LogP contribution in [0, 0.1) is 5.92 Å². The van der Waals surface area contributed by atoms with Gasteiger partial charge < -0.3 is 4.90 Å². The summed E-state index contributed by atoms with van der Waals surface area (Å²) in [5.41, 5.74) is 1.19. The lowest BCUT2D eigenvalue weighted by Gasteiger charge is -2.47. The van der Waals surface area contributed by atoms with Crippen LogP contribution in [-0.2, 0) is 17.5 Å². The number of hydrogen-bond donors (Lipinski definition) is 0. The van der Waals surface area contributed by atoms with Crippen molar-refractivity contribution in [2.45, 2.75) is 51.9 Å². The number of rotatable bonds is 4. The van der Waals surface area contributed by atoms with Crippen molar-refractivity contribution < 1.29 is 18.0 Å². The number of benzene rings is 1. The van der Waals surface area contributed by atoms with E-state index in [4.69, 9.17) is 0 Å². The summed E-state index contributed by atoms with van der Waals surface area (Å²) in [6.45, 7) is 7.22. The Bertz CT molecular complexity index is 710. The summed E-state index contributed by atoms with van der Waals surface area (Å²) in [5, 5.41) is 0. The SMILES string of the molecule is CC(C)=CCN1CC[C@H]2[C@H](CCC(=O)N2Cc2cccc(C(F)(F)F)c2)C1. The molecule has 0 N–H and O–H groups in total. The van der Waals surface area contributed by atoms with Gasteiger partial charge in [0.15, 0.2) is 0 Å². The minimum Gasteiger partial charge on any atom is -0.335 e. The third-order valence-corrected chi connectivity index (χ3v) is 5.59. The van der Waals surface area contributed by atoms with Gasteiger partial charge in [0.2, 0.25) is 5.91 Å². The van der Waals surface area contributed by atoms with E-state index >= 15 is 0 Å². The first-order valence-corrected chi connectivity index (χ1v) is 9.55. The minimum atomic E-state index is -4.36. The molecule has 2 aliphatic rings. The largest absolute Gasteiger partial charge is 0.416 e. The summed E-state index contributed by atoms with van der Waals surface area (Å²) in [6, 6.07) is 5.47. The van der Waals surface area contributed by atoms with Crippen LogP contribution < -0.4 is 0 Å². The van der Waals surface area contributed by atoms with Gasteiger partial charge in [0.05, 0.1) is 5.56 Å². The van der Waals surface area contributed by atoms with E-state index in [9.17, 15) is 18.0 Å². The summed E-state index contributed by atoms with van der Waals surface area (Å²) in [6.07, 6.45) is 0.0892. The van der Waals surface area contributed by atoms with E-state index in [1.54, 1.807) is 6.07 Å². The van der Waals surface area contributed by atoms with Gasteiger partial charge in [0.25, 0.3) is 0 Å². The zero-order chi connectivity index (χ0) is 19.6. The van der Waals surface area contributed by atoms with Gasteiger partial charge in [-0.15, -0.1) is 0 Å². The fourth-order valence-corrected chi connectivity index (χ4v) is 4.15. The van der Waals surface area contributed by atoms with Gasteiger partial charge in [-0.3, -0.25) is 9.69 Å². The van der Waals surface area contributed by atoms with Crippen LogP contribution >= 0.6 is 0 Å². The number of fused-ring (bicyclic) bond motifs is 1. The summed E-state index contributed by atoms with van der Waals surface area (Å²) in [4.78, 5) is 16.7. The van der Waals surface area contributed by atoms with Crippen LogP contribution in [0.25, 0.3) is 0 Å². The standard InChI is InChI=1S/C21H27F3N2O/c1-15(2)8-10-25-11-9-19-17(14-25)6-7-20(27)26(19)13-16-4-3-5-18(12-16)21(22,23)24/h3-5,8,12,17,19H,6-7,9-11,13-14H2,1-2H3/t17-,19+/m1/s1. The molecule has 3 nitrogen and oxygen atoms in total. The minimum absolute atomic E-state index is 0.0615. The predicted molar refractivity (Wildman–Crippen MR) is 99.0 cm³/mol. The molecule has 0 aromatic heterocycles. The zero-order valence-electron chi connectivity index (χ0n) is 15.9. The van der Waals surface area contributed by atoms with Crippen LogP contribution in [0.1, 0.15) is 44.2 Å². The second-order valence-electron chi connectivity index (χ2n) is 7.92. The predicted octanol–water partition coefficient (Wildman–Crippen LogP) is 4.48. The second kappa shape index (κ2) is 8.05. The van der Waals surface area contributed by atoms with Gasteiger partial charge in [0, 0.05) is 38.6 Å². The molecule has 2 aliphatic heterocycles. The average molecular weight is 380 g/mol. The molecule has 2 heterocycles. The Morgan fingerprint density at radius 1 is 1.26 bits per heavy atom. The number of piperidine rings is 2. The topological polar surface area (TPSA) is 23.6 Å². The summed E-state index contributed by atoms with van der Waals surface area (Å²) >= 11 is 0. The van der Waals surface area contributed by atoms with Crippen LogP contribution in [-0.4, -0.2) is 41.4 Å². The monoisotopic (exact) mass is 380 g/mol. The lowest BCUT2D eigenvalue weighted by Crippen LogP contribution is -2.55. The number of carbonyl (C=O) groups excluding carboxylic acids is 1. The first kappa shape index (κ1) is 19.9. The highest BCUT2D eigenvalue weighted by Crippen LogP contribution is 2.34. The number of alkyl halides is 3. The van der Waals surface area contributed by atoms with Gasteiger partial charge >= 0.3 is 6.18 Å². The van der Waals surface area contributed by atoms with Crippen molar-refractivity contribution in [2.75, 3.05) is 19.6 Å². The van der Waals surface area contributed by atoms with Crippen molar-refractivity contribution in [3.8, 4) is 0 Å². The van der Waals surface area contributed by atoms with E-state index in [1.165, 1.54) is 17.7 Å². The number of halogens is 3. The molecule has 0 bridgehead atoms. The molecular formula is C21H27F3N2O. The molecule has 0 radical (unpaired) electrons. The van der Waals surface area contributed by atoms with Crippen LogP contribution in [0.4, 0.5) is 13.2 Å². The third kappa shape index (κ3) is 4.92. The number of hydrogen-bond acceptors (Lipinski definition) is 2. The van der Waals surface area contributed by atoms with Crippen molar-refractivity contribution in [3.05, 3.63) is 47.0 Å². The quantitative estimate of drug-likeness (QED) is 0.719. The zero-order valence-corrected chi connectivity index (χ0v) is 15.9. The van der Waals surface area contributed by atoms with E-state index in [0.717, 1.165) is 38.5 Å². The molecular weight excluding hydrogens is 353 g/mol. The van der Waals surface area contributed by atoms with Gasteiger partial charge in [0.1, 0.15) is 0 Å². The second-order valence-corrected chi connectivity index (χ2v) is 7.92. The molecule has 1 aromatic carbocycles. The van der Waals surface area contributed by atoms with Gasteiger partial charge in [-0.05, 0) is 50.3 Å². The number of allylic oxidation sites excluding steroid dienone is 1. The normalized spacial score (nSPS) is 23.9. The summed E-state index contributed by atoms with van der Waals surface area (Å²) in [5.74, 6) is 0.458.